The number of ether oxygens (including phenoxy) is 1. The normalized spacial score (nSPS) is 14.7. The number of nitrogens with zero attached hydrogens (tertiary/aromatic N) is 3. The van der Waals surface area contributed by atoms with Gasteiger partial charge < -0.3 is 15.0 Å². The highest BCUT2D eigenvalue weighted by molar-refractivity contribution is 5.75. The molecule has 1 aromatic heterocycles. The van der Waals surface area contributed by atoms with E-state index in [1.54, 1.807) is 7.11 Å². The molecular weight excluding hydrogens is 340 g/mol. The first kappa shape index (κ1) is 19.3. The first-order chi connectivity index (χ1) is 13.0. The van der Waals surface area contributed by atoms with E-state index in [9.17, 15) is 4.79 Å². The lowest BCUT2D eigenvalue weighted by atomic mass is 10.1. The van der Waals surface area contributed by atoms with E-state index >= 15 is 0 Å². The summed E-state index contributed by atoms with van der Waals surface area (Å²) in [5.41, 5.74) is 3.22. The predicted molar refractivity (Wildman–Crippen MR) is 106 cm³/mol. The molecule has 1 aromatic carbocycles. The van der Waals surface area contributed by atoms with Crippen LogP contribution in [-0.4, -0.2) is 40.4 Å². The molecule has 1 fully saturated rings. The van der Waals surface area contributed by atoms with Gasteiger partial charge in [0.05, 0.1) is 19.3 Å². The van der Waals surface area contributed by atoms with Crippen LogP contribution in [0.4, 0.5) is 4.79 Å². The zero-order valence-corrected chi connectivity index (χ0v) is 16.7. The van der Waals surface area contributed by atoms with Crippen molar-refractivity contribution >= 4 is 6.03 Å². The van der Waals surface area contributed by atoms with E-state index in [1.807, 2.05) is 40.8 Å². The Labute approximate surface area is 161 Å². The number of aromatic nitrogens is 2. The van der Waals surface area contributed by atoms with E-state index in [-0.39, 0.29) is 6.03 Å². The van der Waals surface area contributed by atoms with Crippen molar-refractivity contribution in [1.82, 2.24) is 20.0 Å². The minimum absolute atomic E-state index is 0.00336. The van der Waals surface area contributed by atoms with E-state index in [0.29, 0.717) is 25.0 Å². The predicted octanol–water partition coefficient (Wildman–Crippen LogP) is 3.52. The fraction of sp³-hybridized carbons (Fsp3) is 0.524. The molecule has 6 nitrogen and oxygen atoms in total. The average Bonchev–Trinajstić information content (AvgIpc) is 3.43. The van der Waals surface area contributed by atoms with Gasteiger partial charge in [-0.25, -0.2) is 4.79 Å². The smallest absolute Gasteiger partial charge is 0.317 e. The van der Waals surface area contributed by atoms with Gasteiger partial charge in [-0.2, -0.15) is 5.10 Å². The van der Waals surface area contributed by atoms with Crippen LogP contribution in [0.25, 0.3) is 0 Å². The summed E-state index contributed by atoms with van der Waals surface area (Å²) in [6.45, 7) is 8.21. The minimum Gasteiger partial charge on any atom is -0.496 e. The number of para-hydroxylation sites is 1. The molecule has 1 aliphatic rings. The van der Waals surface area contributed by atoms with Crippen molar-refractivity contribution in [2.75, 3.05) is 13.7 Å². The fourth-order valence-corrected chi connectivity index (χ4v) is 3.35. The minimum atomic E-state index is 0.00336. The van der Waals surface area contributed by atoms with Crippen molar-refractivity contribution < 1.29 is 9.53 Å². The molecule has 0 spiro atoms. The average molecular weight is 370 g/mol. The number of benzene rings is 1. The Morgan fingerprint density at radius 2 is 2.11 bits per heavy atom. The summed E-state index contributed by atoms with van der Waals surface area (Å²) in [4.78, 5) is 14.7. The fourth-order valence-electron chi connectivity index (χ4n) is 3.35. The Bertz CT molecular complexity index is 782. The van der Waals surface area contributed by atoms with Gasteiger partial charge in [0, 0.05) is 30.4 Å². The molecule has 0 aliphatic heterocycles. The largest absolute Gasteiger partial charge is 0.496 e. The van der Waals surface area contributed by atoms with Gasteiger partial charge in [0.25, 0.3) is 0 Å². The van der Waals surface area contributed by atoms with Gasteiger partial charge in [-0.1, -0.05) is 25.1 Å². The van der Waals surface area contributed by atoms with Crippen LogP contribution in [0, 0.1) is 19.8 Å². The van der Waals surface area contributed by atoms with Crippen LogP contribution >= 0.6 is 0 Å². The van der Waals surface area contributed by atoms with Gasteiger partial charge in [0.2, 0.25) is 0 Å². The number of hydrogen-bond donors (Lipinski definition) is 1. The molecule has 1 heterocycles. The third-order valence-corrected chi connectivity index (χ3v) is 4.97. The Balaban J connectivity index is 1.56. The molecule has 27 heavy (non-hydrogen) atoms. The summed E-state index contributed by atoms with van der Waals surface area (Å²) in [5, 5.41) is 7.62. The SMILES string of the molecule is COc1ccccc1CN(C(=O)NCC(C)Cn1nc(C)cc1C)C1CC1. The molecule has 6 heteroatoms. The molecule has 1 unspecified atom stereocenters. The highest BCUT2D eigenvalue weighted by Crippen LogP contribution is 2.30. The second kappa shape index (κ2) is 8.46. The maximum absolute atomic E-state index is 12.8. The monoisotopic (exact) mass is 370 g/mol. The molecule has 0 radical (unpaired) electrons. The van der Waals surface area contributed by atoms with Gasteiger partial charge in [-0.3, -0.25) is 4.68 Å². The number of aryl methyl sites for hydroxylation is 2. The summed E-state index contributed by atoms with van der Waals surface area (Å²) in [5.74, 6) is 1.13. The maximum atomic E-state index is 12.8. The Kier molecular flexibility index (Phi) is 6.04. The lowest BCUT2D eigenvalue weighted by Gasteiger charge is -2.25. The molecule has 1 saturated carbocycles. The van der Waals surface area contributed by atoms with Gasteiger partial charge in [0.1, 0.15) is 5.75 Å². The lowest BCUT2D eigenvalue weighted by molar-refractivity contribution is 0.189. The number of urea groups is 1. The molecule has 0 saturated heterocycles. The molecular formula is C21H30N4O2. The van der Waals surface area contributed by atoms with Gasteiger partial charge in [-0.15, -0.1) is 0 Å². The first-order valence-corrected chi connectivity index (χ1v) is 9.65. The van der Waals surface area contributed by atoms with Crippen LogP contribution in [-0.2, 0) is 13.1 Å². The number of methoxy groups -OCH3 is 1. The van der Waals surface area contributed by atoms with Crippen molar-refractivity contribution in [3.8, 4) is 5.75 Å². The Morgan fingerprint density at radius 3 is 2.74 bits per heavy atom. The van der Waals surface area contributed by atoms with E-state index < -0.39 is 0 Å². The van der Waals surface area contributed by atoms with Crippen molar-refractivity contribution in [3.05, 3.63) is 47.3 Å². The standard InChI is InChI=1S/C21H30N4O2/c1-15(13-25-17(3)11-16(2)23-25)12-22-21(26)24(19-9-10-19)14-18-7-5-6-8-20(18)27-4/h5-8,11,15,19H,9-10,12-14H2,1-4H3,(H,22,26). The number of nitrogens with one attached hydrogen (secondary N) is 1. The second-order valence-corrected chi connectivity index (χ2v) is 7.57. The number of carbonyl (C=O) groups excluding carboxylic acids is 1. The number of rotatable bonds is 8. The van der Waals surface area contributed by atoms with Crippen LogP contribution in [0.1, 0.15) is 36.7 Å². The third-order valence-electron chi connectivity index (χ3n) is 4.97. The topological polar surface area (TPSA) is 59.4 Å². The summed E-state index contributed by atoms with van der Waals surface area (Å²) in [6.07, 6.45) is 2.15. The van der Waals surface area contributed by atoms with Crippen LogP contribution < -0.4 is 10.1 Å². The van der Waals surface area contributed by atoms with Crippen LogP contribution in [0.2, 0.25) is 0 Å². The van der Waals surface area contributed by atoms with E-state index in [1.165, 1.54) is 0 Å². The van der Waals surface area contributed by atoms with Crippen molar-refractivity contribution in [1.29, 1.82) is 0 Å². The summed E-state index contributed by atoms with van der Waals surface area (Å²) in [7, 11) is 1.67. The highest BCUT2D eigenvalue weighted by atomic mass is 16.5. The number of hydrogen-bond acceptors (Lipinski definition) is 3. The molecule has 3 rings (SSSR count). The quantitative estimate of drug-likeness (QED) is 0.773. The van der Waals surface area contributed by atoms with Crippen molar-refractivity contribution in [2.24, 2.45) is 5.92 Å². The van der Waals surface area contributed by atoms with E-state index in [0.717, 1.165) is 42.1 Å². The van der Waals surface area contributed by atoms with E-state index in [2.05, 4.69) is 30.3 Å². The van der Waals surface area contributed by atoms with Crippen LogP contribution in [0.3, 0.4) is 0 Å². The molecule has 2 amide bonds. The molecule has 146 valence electrons. The lowest BCUT2D eigenvalue weighted by Crippen LogP contribution is -2.43. The summed E-state index contributed by atoms with van der Waals surface area (Å²) < 4.78 is 7.45. The third kappa shape index (κ3) is 5.02. The van der Waals surface area contributed by atoms with Gasteiger partial charge in [-0.05, 0) is 44.7 Å². The Hall–Kier alpha value is -2.50. The number of amides is 2. The van der Waals surface area contributed by atoms with E-state index in [4.69, 9.17) is 4.74 Å². The number of carbonyl (C=O) groups is 1. The second-order valence-electron chi connectivity index (χ2n) is 7.57. The summed E-state index contributed by atoms with van der Waals surface area (Å²) >= 11 is 0. The van der Waals surface area contributed by atoms with Crippen LogP contribution in [0.15, 0.2) is 30.3 Å². The molecule has 0 bridgehead atoms. The van der Waals surface area contributed by atoms with Gasteiger partial charge in [0.15, 0.2) is 0 Å². The molecule has 1 aliphatic carbocycles. The van der Waals surface area contributed by atoms with Crippen LogP contribution in [0.5, 0.6) is 5.75 Å². The molecule has 2 aromatic rings. The van der Waals surface area contributed by atoms with Crippen molar-refractivity contribution in [2.45, 2.75) is 52.7 Å². The molecule has 1 atom stereocenters. The first-order valence-electron chi connectivity index (χ1n) is 9.65. The van der Waals surface area contributed by atoms with Crippen molar-refractivity contribution in [3.63, 3.8) is 0 Å². The highest BCUT2D eigenvalue weighted by Gasteiger charge is 2.33. The Morgan fingerprint density at radius 1 is 1.37 bits per heavy atom. The molecule has 1 N–H and O–H groups in total. The zero-order chi connectivity index (χ0) is 19.4. The zero-order valence-electron chi connectivity index (χ0n) is 16.7. The summed E-state index contributed by atoms with van der Waals surface area (Å²) in [6, 6.07) is 10.3. The maximum Gasteiger partial charge on any atom is 0.317 e. The van der Waals surface area contributed by atoms with Gasteiger partial charge >= 0.3 is 6.03 Å².